The number of aromatic nitrogens is 1. The average molecular weight is 297 g/mol. The van der Waals surface area contributed by atoms with E-state index in [1.807, 2.05) is 25.1 Å². The van der Waals surface area contributed by atoms with Gasteiger partial charge in [0.05, 0.1) is 5.69 Å². The molecule has 4 heteroatoms. The first-order valence-corrected chi connectivity index (χ1v) is 7.36. The van der Waals surface area contributed by atoms with Crippen molar-refractivity contribution in [2.24, 2.45) is 0 Å². The van der Waals surface area contributed by atoms with Crippen LogP contribution in [0.15, 0.2) is 40.9 Å². The fourth-order valence-corrected chi connectivity index (χ4v) is 2.57. The summed E-state index contributed by atoms with van der Waals surface area (Å²) < 4.78 is 11.3. The van der Waals surface area contributed by atoms with E-state index in [0.29, 0.717) is 13.0 Å². The second-order valence-corrected chi connectivity index (χ2v) is 5.45. The van der Waals surface area contributed by atoms with Crippen molar-refractivity contribution in [1.82, 2.24) is 5.16 Å². The summed E-state index contributed by atoms with van der Waals surface area (Å²) in [5.74, 6) is 0.792. The van der Waals surface area contributed by atoms with Crippen LogP contribution >= 0.6 is 0 Å². The van der Waals surface area contributed by atoms with Crippen molar-refractivity contribution in [2.75, 3.05) is 6.61 Å². The zero-order chi connectivity index (χ0) is 15.5. The van der Waals surface area contributed by atoms with Gasteiger partial charge in [0.2, 0.25) is 0 Å². The van der Waals surface area contributed by atoms with Gasteiger partial charge in [-0.1, -0.05) is 35.0 Å². The van der Waals surface area contributed by atoms with Gasteiger partial charge < -0.3 is 14.4 Å². The van der Waals surface area contributed by atoms with Crippen LogP contribution in [0.25, 0.3) is 11.0 Å². The molecule has 0 unspecified atom stereocenters. The molecule has 1 aromatic heterocycles. The Bertz CT molecular complexity index is 792. The molecule has 1 heterocycles. The lowest BCUT2D eigenvalue weighted by Crippen LogP contribution is -1.97. The summed E-state index contributed by atoms with van der Waals surface area (Å²) in [6.07, 6.45) is 0.496. The Hall–Kier alpha value is -2.33. The van der Waals surface area contributed by atoms with Gasteiger partial charge in [0.15, 0.2) is 5.58 Å². The van der Waals surface area contributed by atoms with Crippen LogP contribution in [0.1, 0.15) is 22.4 Å². The minimum absolute atomic E-state index is 0.0618. The fraction of sp³-hybridized carbons (Fsp3) is 0.278. The first-order valence-electron chi connectivity index (χ1n) is 7.36. The molecular formula is C18H19NO3. The molecule has 4 nitrogen and oxygen atoms in total. The van der Waals surface area contributed by atoms with Gasteiger partial charge in [-0.05, 0) is 31.5 Å². The smallest absolute Gasteiger partial charge is 0.173 e. The van der Waals surface area contributed by atoms with Gasteiger partial charge in [-0.25, -0.2) is 0 Å². The fourth-order valence-electron chi connectivity index (χ4n) is 2.57. The van der Waals surface area contributed by atoms with Crippen LogP contribution in [0.4, 0.5) is 0 Å². The summed E-state index contributed by atoms with van der Waals surface area (Å²) in [6.45, 7) is 4.61. The summed E-state index contributed by atoms with van der Waals surface area (Å²) in [5, 5.41) is 14.0. The number of aliphatic hydroxyl groups excluding tert-OH is 1. The molecule has 114 valence electrons. The predicted molar refractivity (Wildman–Crippen MR) is 85.0 cm³/mol. The molecule has 0 bridgehead atoms. The van der Waals surface area contributed by atoms with Gasteiger partial charge in [0.25, 0.3) is 0 Å². The zero-order valence-corrected chi connectivity index (χ0v) is 12.8. The first-order chi connectivity index (χ1) is 10.7. The topological polar surface area (TPSA) is 55.5 Å². The van der Waals surface area contributed by atoms with Crippen molar-refractivity contribution in [3.05, 3.63) is 58.8 Å². The van der Waals surface area contributed by atoms with Crippen LogP contribution < -0.4 is 4.74 Å². The summed E-state index contributed by atoms with van der Waals surface area (Å²) in [5.41, 5.74) is 4.80. The third kappa shape index (κ3) is 2.83. The zero-order valence-electron chi connectivity index (χ0n) is 12.8. The maximum atomic E-state index is 9.05. The lowest BCUT2D eigenvalue weighted by molar-refractivity contribution is 0.295. The van der Waals surface area contributed by atoms with Gasteiger partial charge in [-0.15, -0.1) is 0 Å². The molecule has 2 aromatic carbocycles. The molecule has 3 aromatic rings. The van der Waals surface area contributed by atoms with Crippen molar-refractivity contribution in [3.8, 4) is 5.75 Å². The Morgan fingerprint density at radius 2 is 2.05 bits per heavy atom. The molecule has 0 saturated carbocycles. The highest BCUT2D eigenvalue weighted by Gasteiger charge is 2.13. The van der Waals surface area contributed by atoms with E-state index in [1.165, 1.54) is 5.56 Å². The van der Waals surface area contributed by atoms with E-state index >= 15 is 0 Å². The van der Waals surface area contributed by atoms with Gasteiger partial charge >= 0.3 is 0 Å². The maximum absolute atomic E-state index is 9.05. The van der Waals surface area contributed by atoms with Crippen molar-refractivity contribution in [3.63, 3.8) is 0 Å². The molecular weight excluding hydrogens is 278 g/mol. The second-order valence-electron chi connectivity index (χ2n) is 5.45. The number of aryl methyl sites for hydroxylation is 2. The van der Waals surface area contributed by atoms with E-state index in [1.54, 1.807) is 0 Å². The van der Waals surface area contributed by atoms with Crippen LogP contribution in [0.5, 0.6) is 5.75 Å². The third-order valence-electron chi connectivity index (χ3n) is 3.74. The lowest BCUT2D eigenvalue weighted by atomic mass is 10.1. The lowest BCUT2D eigenvalue weighted by Gasteiger charge is -2.09. The molecule has 0 aliphatic heterocycles. The van der Waals surface area contributed by atoms with Crippen LogP contribution in [0, 0.1) is 13.8 Å². The predicted octanol–water partition coefficient (Wildman–Crippen LogP) is 3.56. The number of hydrogen-bond donors (Lipinski definition) is 1. The Morgan fingerprint density at radius 1 is 1.18 bits per heavy atom. The van der Waals surface area contributed by atoms with E-state index in [4.69, 9.17) is 14.4 Å². The van der Waals surface area contributed by atoms with Crippen LogP contribution in [-0.4, -0.2) is 16.9 Å². The molecule has 1 N–H and O–H groups in total. The summed E-state index contributed by atoms with van der Waals surface area (Å²) in [6, 6.07) is 12.1. The molecule has 3 rings (SSSR count). The van der Waals surface area contributed by atoms with E-state index in [0.717, 1.165) is 33.5 Å². The number of nitrogens with zero attached hydrogens (tertiary/aromatic N) is 1. The second kappa shape index (κ2) is 6.20. The number of benzene rings is 2. The third-order valence-corrected chi connectivity index (χ3v) is 3.74. The molecule has 0 amide bonds. The highest BCUT2D eigenvalue weighted by atomic mass is 16.5. The van der Waals surface area contributed by atoms with E-state index in [9.17, 15) is 0 Å². The standard InChI is InChI=1S/C18H19NO3/c1-12-4-3-5-14(10-12)11-21-17-7-6-15-16(8-9-20)19-22-18(15)13(17)2/h3-7,10,20H,8-9,11H2,1-2H3. The number of aliphatic hydroxyl groups is 1. The normalized spacial score (nSPS) is 11.0. The SMILES string of the molecule is Cc1cccc(COc2ccc3c(CCO)noc3c2C)c1. The molecule has 0 fully saturated rings. The number of ether oxygens (including phenoxy) is 1. The van der Waals surface area contributed by atoms with Crippen LogP contribution in [-0.2, 0) is 13.0 Å². The van der Waals surface area contributed by atoms with E-state index in [2.05, 4.69) is 30.3 Å². The van der Waals surface area contributed by atoms with Crippen LogP contribution in [0.3, 0.4) is 0 Å². The Morgan fingerprint density at radius 3 is 2.82 bits per heavy atom. The highest BCUT2D eigenvalue weighted by Crippen LogP contribution is 2.30. The molecule has 0 aliphatic rings. The summed E-state index contributed by atoms with van der Waals surface area (Å²) in [7, 11) is 0. The van der Waals surface area contributed by atoms with Gasteiger partial charge in [-0.2, -0.15) is 0 Å². The highest BCUT2D eigenvalue weighted by molar-refractivity contribution is 5.84. The Kier molecular flexibility index (Phi) is 4.11. The molecule has 22 heavy (non-hydrogen) atoms. The Balaban J connectivity index is 1.84. The molecule has 0 saturated heterocycles. The van der Waals surface area contributed by atoms with Crippen molar-refractivity contribution < 1.29 is 14.4 Å². The van der Waals surface area contributed by atoms with Crippen molar-refractivity contribution in [2.45, 2.75) is 26.9 Å². The number of rotatable bonds is 5. The quantitative estimate of drug-likeness (QED) is 0.782. The van der Waals surface area contributed by atoms with Crippen LogP contribution in [0.2, 0.25) is 0 Å². The molecule has 0 atom stereocenters. The van der Waals surface area contributed by atoms with E-state index < -0.39 is 0 Å². The largest absolute Gasteiger partial charge is 0.488 e. The van der Waals surface area contributed by atoms with Crippen molar-refractivity contribution >= 4 is 11.0 Å². The Labute approximate surface area is 129 Å². The number of hydrogen-bond acceptors (Lipinski definition) is 4. The van der Waals surface area contributed by atoms with Gasteiger partial charge in [0, 0.05) is 24.0 Å². The summed E-state index contributed by atoms with van der Waals surface area (Å²) in [4.78, 5) is 0. The molecule has 0 spiro atoms. The minimum Gasteiger partial charge on any atom is -0.488 e. The monoisotopic (exact) mass is 297 g/mol. The number of fused-ring (bicyclic) bond motifs is 1. The average Bonchev–Trinajstić information content (AvgIpc) is 2.91. The minimum atomic E-state index is 0.0618. The van der Waals surface area contributed by atoms with Crippen molar-refractivity contribution in [1.29, 1.82) is 0 Å². The van der Waals surface area contributed by atoms with Gasteiger partial charge in [-0.3, -0.25) is 0 Å². The maximum Gasteiger partial charge on any atom is 0.173 e. The van der Waals surface area contributed by atoms with Gasteiger partial charge in [0.1, 0.15) is 12.4 Å². The molecule has 0 radical (unpaired) electrons. The van der Waals surface area contributed by atoms with E-state index in [-0.39, 0.29) is 6.61 Å². The first kappa shape index (κ1) is 14.6. The summed E-state index contributed by atoms with van der Waals surface area (Å²) >= 11 is 0. The molecule has 0 aliphatic carbocycles.